The summed E-state index contributed by atoms with van der Waals surface area (Å²) in [5.74, 6) is -2.69. The molecule has 0 radical (unpaired) electrons. The Kier molecular flexibility index (Phi) is 6.71. The molecule has 25 heavy (non-hydrogen) atoms. The maximum atomic E-state index is 13.5. The van der Waals surface area contributed by atoms with E-state index in [0.717, 1.165) is 6.07 Å². The Balaban J connectivity index is 1.87. The highest BCUT2D eigenvalue weighted by Gasteiger charge is 2.43. The Hall–Kier alpha value is -1.74. The van der Waals surface area contributed by atoms with Crippen molar-refractivity contribution in [1.82, 2.24) is 15.5 Å². The van der Waals surface area contributed by atoms with Gasteiger partial charge in [-0.2, -0.15) is 13.2 Å². The smallest absolute Gasteiger partial charge is 0.354 e. The Morgan fingerprint density at radius 1 is 1.24 bits per heavy atom. The fraction of sp³-hybridized carbons (Fsp3) is 0.562. The number of amides is 1. The monoisotopic (exact) mass is 365 g/mol. The van der Waals surface area contributed by atoms with Crippen molar-refractivity contribution in [2.24, 2.45) is 0 Å². The highest BCUT2D eigenvalue weighted by molar-refractivity contribution is 5.76. The van der Waals surface area contributed by atoms with Gasteiger partial charge < -0.3 is 10.6 Å². The van der Waals surface area contributed by atoms with Crippen molar-refractivity contribution in [1.29, 1.82) is 0 Å². The lowest BCUT2D eigenvalue weighted by Gasteiger charge is -2.35. The zero-order valence-corrected chi connectivity index (χ0v) is 13.5. The van der Waals surface area contributed by atoms with Gasteiger partial charge in [-0.3, -0.25) is 9.69 Å². The van der Waals surface area contributed by atoms with E-state index in [4.69, 9.17) is 0 Å². The molecule has 0 aliphatic carbocycles. The molecule has 1 aliphatic heterocycles. The fourth-order valence-electron chi connectivity index (χ4n) is 2.73. The third kappa shape index (κ3) is 5.64. The number of nitrogens with one attached hydrogen (secondary N) is 2. The van der Waals surface area contributed by atoms with Crippen LogP contribution >= 0.6 is 0 Å². The van der Waals surface area contributed by atoms with E-state index in [1.807, 2.05) is 0 Å². The van der Waals surface area contributed by atoms with E-state index >= 15 is 0 Å². The average molecular weight is 365 g/mol. The first-order valence-electron chi connectivity index (χ1n) is 8.00. The molecule has 140 valence electrons. The van der Waals surface area contributed by atoms with Crippen molar-refractivity contribution >= 4 is 5.91 Å². The summed E-state index contributed by atoms with van der Waals surface area (Å²) >= 11 is 0. The highest BCUT2D eigenvalue weighted by atomic mass is 19.4. The van der Waals surface area contributed by atoms with Gasteiger partial charge in [0.1, 0.15) is 6.04 Å². The molecule has 1 fully saturated rings. The Bertz CT molecular complexity index is 588. The number of rotatable bonds is 6. The summed E-state index contributed by atoms with van der Waals surface area (Å²) in [6.07, 6.45) is -4.76. The molecule has 9 heteroatoms. The molecule has 1 aliphatic rings. The zero-order valence-electron chi connectivity index (χ0n) is 13.5. The van der Waals surface area contributed by atoms with Crippen molar-refractivity contribution in [3.8, 4) is 0 Å². The predicted octanol–water partition coefficient (Wildman–Crippen LogP) is 1.85. The van der Waals surface area contributed by atoms with Crippen LogP contribution in [-0.2, 0) is 11.2 Å². The molecular weight excluding hydrogens is 345 g/mol. The zero-order chi connectivity index (χ0) is 18.4. The van der Waals surface area contributed by atoms with E-state index in [2.05, 4.69) is 10.6 Å². The van der Waals surface area contributed by atoms with Gasteiger partial charge in [-0.15, -0.1) is 0 Å². The van der Waals surface area contributed by atoms with Crippen molar-refractivity contribution in [3.63, 3.8) is 0 Å². The quantitative estimate of drug-likeness (QED) is 0.757. The Morgan fingerprint density at radius 3 is 2.56 bits per heavy atom. The number of nitrogens with zero attached hydrogens (tertiary/aromatic N) is 1. The maximum absolute atomic E-state index is 13.5. The third-order valence-electron chi connectivity index (χ3n) is 4.12. The number of carbonyl (C=O) groups is 1. The van der Waals surface area contributed by atoms with E-state index in [1.165, 1.54) is 17.0 Å². The molecule has 1 aromatic carbocycles. The second kappa shape index (κ2) is 8.57. The van der Waals surface area contributed by atoms with Gasteiger partial charge in [0.2, 0.25) is 5.91 Å². The lowest BCUT2D eigenvalue weighted by Crippen LogP contribution is -2.57. The summed E-state index contributed by atoms with van der Waals surface area (Å²) in [6.45, 7) is 0.843. The van der Waals surface area contributed by atoms with Crippen LogP contribution in [0.2, 0.25) is 0 Å². The van der Waals surface area contributed by atoms with Crippen LogP contribution in [0.4, 0.5) is 22.0 Å². The van der Waals surface area contributed by atoms with Gasteiger partial charge in [-0.1, -0.05) is 12.1 Å². The SMILES string of the molecule is O=C(CCc1cccc(F)c1F)NCC(N1CCNCC1)C(F)(F)F. The van der Waals surface area contributed by atoms with E-state index in [0.29, 0.717) is 13.1 Å². The molecule has 0 bridgehead atoms. The predicted molar refractivity (Wildman–Crippen MR) is 82.0 cm³/mol. The van der Waals surface area contributed by atoms with Crippen LogP contribution in [0.25, 0.3) is 0 Å². The van der Waals surface area contributed by atoms with E-state index in [9.17, 15) is 26.7 Å². The van der Waals surface area contributed by atoms with Crippen molar-refractivity contribution < 1.29 is 26.7 Å². The van der Waals surface area contributed by atoms with Crippen molar-refractivity contribution in [3.05, 3.63) is 35.4 Å². The molecular formula is C16H20F5N3O. The first kappa shape index (κ1) is 19.6. The number of piperazine rings is 1. The molecule has 2 rings (SSSR count). The van der Waals surface area contributed by atoms with Gasteiger partial charge in [0.25, 0.3) is 0 Å². The Labute approximate surface area is 142 Å². The lowest BCUT2D eigenvalue weighted by atomic mass is 10.1. The van der Waals surface area contributed by atoms with Gasteiger partial charge >= 0.3 is 6.18 Å². The number of aryl methyl sites for hydroxylation is 1. The van der Waals surface area contributed by atoms with Gasteiger partial charge in [0.15, 0.2) is 11.6 Å². The maximum Gasteiger partial charge on any atom is 0.405 e. The number of alkyl halides is 3. The van der Waals surface area contributed by atoms with Crippen LogP contribution < -0.4 is 10.6 Å². The molecule has 1 saturated heterocycles. The molecule has 0 spiro atoms. The normalized spacial score (nSPS) is 17.3. The summed E-state index contributed by atoms with van der Waals surface area (Å²) < 4.78 is 66.2. The minimum absolute atomic E-state index is 0.0182. The van der Waals surface area contributed by atoms with Gasteiger partial charge in [0, 0.05) is 39.1 Å². The van der Waals surface area contributed by atoms with Crippen LogP contribution in [0.5, 0.6) is 0 Å². The second-order valence-corrected chi connectivity index (χ2v) is 5.86. The van der Waals surface area contributed by atoms with Gasteiger partial charge in [-0.25, -0.2) is 8.78 Å². The molecule has 1 aromatic rings. The molecule has 0 saturated carbocycles. The summed E-state index contributed by atoms with van der Waals surface area (Å²) in [4.78, 5) is 13.1. The summed E-state index contributed by atoms with van der Waals surface area (Å²) in [7, 11) is 0. The lowest BCUT2D eigenvalue weighted by molar-refractivity contribution is -0.184. The third-order valence-corrected chi connectivity index (χ3v) is 4.12. The number of benzene rings is 1. The average Bonchev–Trinajstić information content (AvgIpc) is 2.56. The highest BCUT2D eigenvalue weighted by Crippen LogP contribution is 2.24. The molecule has 2 N–H and O–H groups in total. The van der Waals surface area contributed by atoms with Gasteiger partial charge in [-0.05, 0) is 18.1 Å². The van der Waals surface area contributed by atoms with Crippen LogP contribution in [-0.4, -0.2) is 55.7 Å². The van der Waals surface area contributed by atoms with Crippen LogP contribution in [0, 0.1) is 11.6 Å². The second-order valence-electron chi connectivity index (χ2n) is 5.86. The Morgan fingerprint density at radius 2 is 1.92 bits per heavy atom. The van der Waals surface area contributed by atoms with E-state index in [1.54, 1.807) is 0 Å². The van der Waals surface area contributed by atoms with Crippen LogP contribution in [0.1, 0.15) is 12.0 Å². The molecule has 1 amide bonds. The number of hydrogen-bond acceptors (Lipinski definition) is 3. The first-order valence-corrected chi connectivity index (χ1v) is 8.00. The van der Waals surface area contributed by atoms with E-state index in [-0.39, 0.29) is 31.5 Å². The molecule has 1 atom stereocenters. The van der Waals surface area contributed by atoms with Crippen molar-refractivity contribution in [2.45, 2.75) is 25.1 Å². The fourth-order valence-corrected chi connectivity index (χ4v) is 2.73. The largest absolute Gasteiger partial charge is 0.405 e. The molecule has 1 heterocycles. The topological polar surface area (TPSA) is 44.4 Å². The summed E-state index contributed by atoms with van der Waals surface area (Å²) in [5.41, 5.74) is 0.0182. The number of hydrogen-bond donors (Lipinski definition) is 2. The standard InChI is InChI=1S/C16H20F5N3O/c17-12-3-1-2-11(15(12)18)4-5-14(25)23-10-13(16(19,20)21)24-8-6-22-7-9-24/h1-3,13,22H,4-10H2,(H,23,25). The first-order chi connectivity index (χ1) is 11.8. The number of halogens is 5. The summed E-state index contributed by atoms with van der Waals surface area (Å²) in [6, 6.07) is 1.85. The van der Waals surface area contributed by atoms with Gasteiger partial charge in [0.05, 0.1) is 0 Å². The molecule has 1 unspecified atom stereocenters. The minimum atomic E-state index is -4.46. The molecule has 4 nitrogen and oxygen atoms in total. The van der Waals surface area contributed by atoms with Crippen molar-refractivity contribution in [2.75, 3.05) is 32.7 Å². The van der Waals surface area contributed by atoms with E-state index < -0.39 is 36.3 Å². The molecule has 0 aromatic heterocycles. The van der Waals surface area contributed by atoms with Crippen LogP contribution in [0.15, 0.2) is 18.2 Å². The minimum Gasteiger partial charge on any atom is -0.354 e. The number of carbonyl (C=O) groups excluding carboxylic acids is 1. The van der Waals surface area contributed by atoms with Crippen LogP contribution in [0.3, 0.4) is 0 Å². The summed E-state index contributed by atoms with van der Waals surface area (Å²) in [5, 5.41) is 5.23.